The van der Waals surface area contributed by atoms with Crippen LogP contribution in [0.5, 0.6) is 0 Å². The molecule has 3 heterocycles. The number of amides is 2. The number of thiophene rings is 1. The molecule has 0 aromatic carbocycles. The summed E-state index contributed by atoms with van der Waals surface area (Å²) < 4.78 is 1.69. The Kier molecular flexibility index (Phi) is 3.93. The van der Waals surface area contributed by atoms with Gasteiger partial charge in [-0.2, -0.15) is 0 Å². The maximum atomic E-state index is 12.6. The minimum absolute atomic E-state index is 0.0670. The van der Waals surface area contributed by atoms with E-state index in [2.05, 4.69) is 10.3 Å². The Hall–Kier alpha value is -2.22. The van der Waals surface area contributed by atoms with E-state index in [1.807, 2.05) is 0 Å². The van der Waals surface area contributed by atoms with Gasteiger partial charge in [0.05, 0.1) is 16.8 Å². The fourth-order valence-corrected chi connectivity index (χ4v) is 3.79. The van der Waals surface area contributed by atoms with Crippen molar-refractivity contribution in [2.75, 3.05) is 20.6 Å². The number of carbonyl (C=O) groups is 2. The van der Waals surface area contributed by atoms with Crippen LogP contribution in [0.1, 0.15) is 27.5 Å². The van der Waals surface area contributed by atoms with Crippen LogP contribution in [-0.2, 0) is 17.8 Å². The van der Waals surface area contributed by atoms with Crippen molar-refractivity contribution in [2.45, 2.75) is 26.3 Å². The van der Waals surface area contributed by atoms with Crippen molar-refractivity contribution in [3.8, 4) is 0 Å². The lowest BCUT2D eigenvalue weighted by atomic mass is 10.2. The van der Waals surface area contributed by atoms with Gasteiger partial charge in [0.25, 0.3) is 11.5 Å². The molecule has 122 valence electrons. The number of carbonyl (C=O) groups excluding carboxylic acids is 2. The van der Waals surface area contributed by atoms with E-state index < -0.39 is 0 Å². The SMILES string of the molecule is Cc1c(C(=O)NCC(=O)N(C)C)sc2nc3n(c(=O)c12)CCC3. The normalized spacial score (nSPS) is 13.2. The minimum Gasteiger partial charge on any atom is -0.347 e. The van der Waals surface area contributed by atoms with Crippen LogP contribution in [0.4, 0.5) is 0 Å². The van der Waals surface area contributed by atoms with Crippen molar-refractivity contribution in [3.63, 3.8) is 0 Å². The number of aryl methyl sites for hydroxylation is 2. The third-order valence-electron chi connectivity index (χ3n) is 4.02. The van der Waals surface area contributed by atoms with Crippen LogP contribution in [0.2, 0.25) is 0 Å². The molecule has 1 aliphatic rings. The highest BCUT2D eigenvalue weighted by Crippen LogP contribution is 2.28. The zero-order valence-electron chi connectivity index (χ0n) is 13.3. The molecule has 0 radical (unpaired) electrons. The lowest BCUT2D eigenvalue weighted by Gasteiger charge is -2.10. The largest absolute Gasteiger partial charge is 0.347 e. The van der Waals surface area contributed by atoms with Crippen molar-refractivity contribution >= 4 is 33.4 Å². The smallest absolute Gasteiger partial charge is 0.262 e. The van der Waals surface area contributed by atoms with E-state index >= 15 is 0 Å². The summed E-state index contributed by atoms with van der Waals surface area (Å²) in [6.07, 6.45) is 1.72. The van der Waals surface area contributed by atoms with Crippen molar-refractivity contribution in [1.29, 1.82) is 0 Å². The number of nitrogens with zero attached hydrogens (tertiary/aromatic N) is 3. The summed E-state index contributed by atoms with van der Waals surface area (Å²) in [4.78, 5) is 43.5. The fraction of sp³-hybridized carbons (Fsp3) is 0.467. The number of fused-ring (bicyclic) bond motifs is 2. The topological polar surface area (TPSA) is 84.3 Å². The third kappa shape index (κ3) is 2.63. The van der Waals surface area contributed by atoms with Crippen LogP contribution in [0.15, 0.2) is 4.79 Å². The Morgan fingerprint density at radius 1 is 1.39 bits per heavy atom. The van der Waals surface area contributed by atoms with Crippen molar-refractivity contribution < 1.29 is 9.59 Å². The molecule has 2 amide bonds. The molecule has 3 rings (SSSR count). The lowest BCUT2D eigenvalue weighted by molar-refractivity contribution is -0.127. The number of nitrogens with one attached hydrogen (secondary N) is 1. The first-order valence-corrected chi connectivity index (χ1v) is 8.23. The molecular weight excluding hydrogens is 316 g/mol. The van der Waals surface area contributed by atoms with Gasteiger partial charge in [-0.3, -0.25) is 19.0 Å². The second-order valence-electron chi connectivity index (χ2n) is 5.80. The Morgan fingerprint density at radius 3 is 2.83 bits per heavy atom. The van der Waals surface area contributed by atoms with E-state index in [4.69, 9.17) is 0 Å². The van der Waals surface area contributed by atoms with Crippen molar-refractivity contribution in [2.24, 2.45) is 0 Å². The minimum atomic E-state index is -0.342. The van der Waals surface area contributed by atoms with Gasteiger partial charge in [0.1, 0.15) is 10.7 Å². The monoisotopic (exact) mass is 334 g/mol. The van der Waals surface area contributed by atoms with E-state index in [0.29, 0.717) is 27.2 Å². The molecule has 0 saturated heterocycles. The zero-order chi connectivity index (χ0) is 16.7. The summed E-state index contributed by atoms with van der Waals surface area (Å²) in [5, 5.41) is 3.12. The quantitative estimate of drug-likeness (QED) is 0.887. The Morgan fingerprint density at radius 2 is 2.13 bits per heavy atom. The van der Waals surface area contributed by atoms with Crippen molar-refractivity contribution in [1.82, 2.24) is 19.8 Å². The molecule has 1 aliphatic heterocycles. The number of rotatable bonds is 3. The summed E-state index contributed by atoms with van der Waals surface area (Å²) in [5.41, 5.74) is 0.569. The highest BCUT2D eigenvalue weighted by atomic mass is 32.1. The van der Waals surface area contributed by atoms with Gasteiger partial charge in [0.15, 0.2) is 0 Å². The van der Waals surface area contributed by atoms with Gasteiger partial charge in [0, 0.05) is 27.1 Å². The molecule has 1 N–H and O–H groups in total. The van der Waals surface area contributed by atoms with E-state index in [1.54, 1.807) is 25.6 Å². The highest BCUT2D eigenvalue weighted by molar-refractivity contribution is 7.20. The Bertz CT molecular complexity index is 866. The first-order valence-electron chi connectivity index (χ1n) is 7.41. The average molecular weight is 334 g/mol. The molecule has 0 fully saturated rings. The molecule has 0 atom stereocenters. The molecule has 8 heteroatoms. The molecule has 23 heavy (non-hydrogen) atoms. The summed E-state index contributed by atoms with van der Waals surface area (Å²) in [6, 6.07) is 0. The maximum Gasteiger partial charge on any atom is 0.262 e. The van der Waals surface area contributed by atoms with Crippen LogP contribution >= 0.6 is 11.3 Å². The van der Waals surface area contributed by atoms with Crippen LogP contribution < -0.4 is 10.9 Å². The molecule has 0 saturated carbocycles. The first kappa shape index (κ1) is 15.7. The summed E-state index contributed by atoms with van der Waals surface area (Å²) in [6.45, 7) is 2.38. The van der Waals surface area contributed by atoms with Gasteiger partial charge in [-0.25, -0.2) is 4.98 Å². The van der Waals surface area contributed by atoms with E-state index in [9.17, 15) is 14.4 Å². The molecule has 0 spiro atoms. The molecule has 2 aromatic heterocycles. The van der Waals surface area contributed by atoms with E-state index in [0.717, 1.165) is 18.7 Å². The number of hydrogen-bond acceptors (Lipinski definition) is 5. The van der Waals surface area contributed by atoms with Crippen LogP contribution in [-0.4, -0.2) is 46.9 Å². The van der Waals surface area contributed by atoms with Gasteiger partial charge in [-0.1, -0.05) is 0 Å². The fourth-order valence-electron chi connectivity index (χ4n) is 2.69. The third-order valence-corrected chi connectivity index (χ3v) is 5.20. The predicted molar refractivity (Wildman–Crippen MR) is 88.0 cm³/mol. The standard InChI is InChI=1S/C15H18N4O3S/c1-8-11-14(17-9-5-4-6-19(9)15(11)22)23-12(8)13(21)16-7-10(20)18(2)3/h4-7H2,1-3H3,(H,16,21). The number of likely N-dealkylation sites (N-methyl/N-ethyl adjacent to an activating group) is 1. The second kappa shape index (κ2) is 5.77. The predicted octanol–water partition coefficient (Wildman–Crippen LogP) is 0.531. The summed E-state index contributed by atoms with van der Waals surface area (Å²) in [7, 11) is 3.26. The summed E-state index contributed by atoms with van der Waals surface area (Å²) in [5.74, 6) is 0.262. The molecule has 0 unspecified atom stereocenters. The zero-order valence-corrected chi connectivity index (χ0v) is 14.1. The summed E-state index contributed by atoms with van der Waals surface area (Å²) >= 11 is 1.21. The number of aromatic nitrogens is 2. The van der Waals surface area contributed by atoms with Gasteiger partial charge in [0.2, 0.25) is 5.91 Å². The molecule has 0 aliphatic carbocycles. The van der Waals surface area contributed by atoms with Gasteiger partial charge < -0.3 is 10.2 Å². The molecule has 7 nitrogen and oxygen atoms in total. The van der Waals surface area contributed by atoms with Gasteiger partial charge in [-0.15, -0.1) is 11.3 Å². The highest BCUT2D eigenvalue weighted by Gasteiger charge is 2.23. The van der Waals surface area contributed by atoms with E-state index in [1.165, 1.54) is 16.2 Å². The van der Waals surface area contributed by atoms with Gasteiger partial charge >= 0.3 is 0 Å². The molecule has 0 bridgehead atoms. The maximum absolute atomic E-state index is 12.6. The lowest BCUT2D eigenvalue weighted by Crippen LogP contribution is -2.36. The van der Waals surface area contributed by atoms with Crippen molar-refractivity contribution in [3.05, 3.63) is 26.6 Å². The second-order valence-corrected chi connectivity index (χ2v) is 6.79. The first-order chi connectivity index (χ1) is 10.9. The van der Waals surface area contributed by atoms with Crippen LogP contribution in [0, 0.1) is 6.92 Å². The molecule has 2 aromatic rings. The van der Waals surface area contributed by atoms with Crippen LogP contribution in [0.25, 0.3) is 10.2 Å². The Labute approximate surface area is 136 Å². The molecular formula is C15H18N4O3S. The van der Waals surface area contributed by atoms with Crippen LogP contribution in [0.3, 0.4) is 0 Å². The number of hydrogen-bond donors (Lipinski definition) is 1. The van der Waals surface area contributed by atoms with E-state index in [-0.39, 0.29) is 23.9 Å². The average Bonchev–Trinajstić information content (AvgIpc) is 3.09. The van der Waals surface area contributed by atoms with Gasteiger partial charge in [-0.05, 0) is 18.9 Å². The Balaban J connectivity index is 1.95.